The van der Waals surface area contributed by atoms with E-state index < -0.39 is 0 Å². The van der Waals surface area contributed by atoms with Gasteiger partial charge in [0, 0.05) is 33.2 Å². The fourth-order valence-corrected chi connectivity index (χ4v) is 8.12. The third-order valence-electron chi connectivity index (χ3n) is 10.4. The van der Waals surface area contributed by atoms with Crippen LogP contribution in [0, 0.1) is 0 Å². The van der Waals surface area contributed by atoms with Crippen LogP contribution in [0.4, 0.5) is 17.1 Å². The Hall–Kier alpha value is -6.72. The molecule has 0 amide bonds. The number of fused-ring (bicyclic) bond motifs is 6. The summed E-state index contributed by atoms with van der Waals surface area (Å²) in [6.45, 7) is -0.0627. The van der Waals surface area contributed by atoms with Crippen molar-refractivity contribution in [2.75, 3.05) is 4.90 Å². The largest absolute Gasteiger partial charge is 0.458 e. The smallest absolute Gasteiger partial charge is 0.260 e. The van der Waals surface area contributed by atoms with Gasteiger partial charge in [-0.25, -0.2) is 0 Å². The Morgan fingerprint density at radius 1 is 0.392 bits per heavy atom. The molecule has 0 spiro atoms. The van der Waals surface area contributed by atoms with Crippen LogP contribution in [0.25, 0.3) is 33.0 Å². The number of hydrogen-bond donors (Lipinski definition) is 0. The van der Waals surface area contributed by atoms with Crippen LogP contribution in [-0.2, 0) is 0 Å². The molecule has 3 aliphatic rings. The summed E-state index contributed by atoms with van der Waals surface area (Å²) in [5.41, 5.74) is 10.9. The van der Waals surface area contributed by atoms with E-state index in [9.17, 15) is 0 Å². The van der Waals surface area contributed by atoms with E-state index in [4.69, 9.17) is 14.2 Å². The van der Waals surface area contributed by atoms with Crippen molar-refractivity contribution in [1.29, 1.82) is 0 Å². The quantitative estimate of drug-likeness (QED) is 0.177. The average Bonchev–Trinajstić information content (AvgIpc) is 3.19. The fourth-order valence-electron chi connectivity index (χ4n) is 8.12. The summed E-state index contributed by atoms with van der Waals surface area (Å²) in [6, 6.07) is 59.3. The molecule has 51 heavy (non-hydrogen) atoms. The highest BCUT2D eigenvalue weighted by Gasteiger charge is 2.41. The number of hydrogen-bond acceptors (Lipinski definition) is 4. The molecule has 4 nitrogen and oxygen atoms in total. The van der Waals surface area contributed by atoms with Crippen LogP contribution in [0.1, 0.15) is 0 Å². The normalized spacial score (nSPS) is 12.7. The lowest BCUT2D eigenvalue weighted by Gasteiger charge is -2.34. The summed E-state index contributed by atoms with van der Waals surface area (Å²) in [6.07, 6.45) is 0. The van der Waals surface area contributed by atoms with Crippen LogP contribution in [0.15, 0.2) is 170 Å². The Bertz CT molecular complexity index is 2640. The van der Waals surface area contributed by atoms with Crippen LogP contribution in [0.5, 0.6) is 34.5 Å². The maximum Gasteiger partial charge on any atom is 0.260 e. The summed E-state index contributed by atoms with van der Waals surface area (Å²) >= 11 is 0. The van der Waals surface area contributed by atoms with Crippen molar-refractivity contribution in [3.63, 3.8) is 0 Å². The second-order valence-corrected chi connectivity index (χ2v) is 13.2. The van der Waals surface area contributed by atoms with E-state index in [2.05, 4.69) is 150 Å². The molecule has 0 saturated carbocycles. The van der Waals surface area contributed by atoms with Gasteiger partial charge in [-0.1, -0.05) is 103 Å². The zero-order chi connectivity index (χ0) is 33.5. The van der Waals surface area contributed by atoms with Gasteiger partial charge in [0.05, 0.1) is 5.69 Å². The number of para-hydroxylation sites is 2. The van der Waals surface area contributed by atoms with Crippen LogP contribution in [0.3, 0.4) is 0 Å². The molecule has 5 heteroatoms. The first-order chi connectivity index (χ1) is 25.3. The molecule has 11 rings (SSSR count). The van der Waals surface area contributed by atoms with Gasteiger partial charge in [0.1, 0.15) is 34.5 Å². The number of benzene rings is 8. The summed E-state index contributed by atoms with van der Waals surface area (Å²) in [5.74, 6) is 5.00. The second-order valence-electron chi connectivity index (χ2n) is 13.2. The van der Waals surface area contributed by atoms with Gasteiger partial charge in [-0.15, -0.1) is 0 Å². The minimum atomic E-state index is -0.0627. The highest BCUT2D eigenvalue weighted by molar-refractivity contribution is 6.98. The van der Waals surface area contributed by atoms with E-state index in [1.807, 2.05) is 24.3 Å². The predicted molar refractivity (Wildman–Crippen MR) is 207 cm³/mol. The van der Waals surface area contributed by atoms with E-state index in [1.54, 1.807) is 0 Å². The predicted octanol–water partition coefficient (Wildman–Crippen LogP) is 10.5. The first kappa shape index (κ1) is 28.2. The van der Waals surface area contributed by atoms with Crippen molar-refractivity contribution >= 4 is 50.9 Å². The molecule has 3 heterocycles. The lowest BCUT2D eigenvalue weighted by atomic mass is 9.34. The lowest BCUT2D eigenvalue weighted by molar-refractivity contribution is 0.461. The Morgan fingerprint density at radius 2 is 1.02 bits per heavy atom. The van der Waals surface area contributed by atoms with Gasteiger partial charge < -0.3 is 19.1 Å². The van der Waals surface area contributed by atoms with Gasteiger partial charge in [0.2, 0.25) is 0 Å². The van der Waals surface area contributed by atoms with Gasteiger partial charge >= 0.3 is 0 Å². The molecule has 0 saturated heterocycles. The molecule has 0 bridgehead atoms. The van der Waals surface area contributed by atoms with E-state index in [0.717, 1.165) is 101 Å². The molecular weight excluding hydrogens is 625 g/mol. The Labute approximate surface area is 295 Å². The maximum atomic E-state index is 6.85. The van der Waals surface area contributed by atoms with E-state index in [0.29, 0.717) is 0 Å². The summed E-state index contributed by atoms with van der Waals surface area (Å²) in [4.78, 5) is 2.31. The van der Waals surface area contributed by atoms with Gasteiger partial charge in [-0.2, -0.15) is 0 Å². The average molecular weight is 654 g/mol. The van der Waals surface area contributed by atoms with Crippen LogP contribution >= 0.6 is 0 Å². The topological polar surface area (TPSA) is 30.9 Å². The van der Waals surface area contributed by atoms with Gasteiger partial charge in [-0.3, -0.25) is 0 Å². The number of nitrogens with zero attached hydrogens (tertiary/aromatic N) is 1. The monoisotopic (exact) mass is 653 g/mol. The SMILES string of the molecule is c1ccc(-c2ccc3c(c2)Oc2cccc4c2B3c2cc3c(cc2O4)-c2ccc(N(c4ccccc4)c4ccccc4)c4cccc(c24)O3)cc1. The Morgan fingerprint density at radius 3 is 1.75 bits per heavy atom. The first-order valence-electron chi connectivity index (χ1n) is 17.3. The molecule has 0 aromatic heterocycles. The standard InChI is InChI=1S/C46H28BNO3/c1-4-12-29(13-5-1)30-22-24-36-43(26-30)50-40-20-11-21-41-46(40)47(36)37-28-42-35(27-44(37)51-41)33-23-25-38(34-18-10-19-39(49-42)45(33)34)48(31-14-6-2-7-15-31)32-16-8-3-9-17-32/h1-28H. The summed E-state index contributed by atoms with van der Waals surface area (Å²) in [5, 5.41) is 2.20. The van der Waals surface area contributed by atoms with Gasteiger partial charge in [-0.05, 0) is 94.3 Å². The molecule has 0 aliphatic carbocycles. The Balaban J connectivity index is 1.08. The summed E-state index contributed by atoms with van der Waals surface area (Å²) in [7, 11) is 0. The lowest BCUT2D eigenvalue weighted by Crippen LogP contribution is -2.57. The zero-order valence-corrected chi connectivity index (χ0v) is 27.4. The van der Waals surface area contributed by atoms with E-state index >= 15 is 0 Å². The molecule has 3 aliphatic heterocycles. The van der Waals surface area contributed by atoms with Crippen LogP contribution < -0.4 is 35.5 Å². The fraction of sp³-hybridized carbons (Fsp3) is 0. The molecule has 0 atom stereocenters. The third-order valence-corrected chi connectivity index (χ3v) is 10.4. The van der Waals surface area contributed by atoms with Crippen LogP contribution in [0.2, 0.25) is 0 Å². The van der Waals surface area contributed by atoms with Crippen molar-refractivity contribution in [3.8, 4) is 56.8 Å². The van der Waals surface area contributed by atoms with Crippen molar-refractivity contribution in [1.82, 2.24) is 0 Å². The highest BCUT2D eigenvalue weighted by Crippen LogP contribution is 2.51. The summed E-state index contributed by atoms with van der Waals surface area (Å²) < 4.78 is 20.1. The van der Waals surface area contributed by atoms with Crippen LogP contribution in [-0.4, -0.2) is 6.71 Å². The molecule has 0 radical (unpaired) electrons. The van der Waals surface area contributed by atoms with E-state index in [-0.39, 0.29) is 6.71 Å². The van der Waals surface area contributed by atoms with Crippen molar-refractivity contribution < 1.29 is 14.2 Å². The maximum absolute atomic E-state index is 6.85. The number of ether oxygens (including phenoxy) is 3. The number of anilines is 3. The van der Waals surface area contributed by atoms with Gasteiger partial charge in [0.15, 0.2) is 0 Å². The minimum Gasteiger partial charge on any atom is -0.458 e. The molecule has 0 N–H and O–H groups in total. The zero-order valence-electron chi connectivity index (χ0n) is 27.4. The number of rotatable bonds is 4. The third kappa shape index (κ3) is 4.28. The molecule has 0 fully saturated rings. The van der Waals surface area contributed by atoms with Crippen molar-refractivity contribution in [3.05, 3.63) is 170 Å². The van der Waals surface area contributed by atoms with E-state index in [1.165, 1.54) is 0 Å². The molecule has 8 aromatic carbocycles. The molecule has 238 valence electrons. The van der Waals surface area contributed by atoms with Crippen molar-refractivity contribution in [2.45, 2.75) is 0 Å². The Kier molecular flexibility index (Phi) is 6.01. The van der Waals surface area contributed by atoms with Crippen molar-refractivity contribution in [2.24, 2.45) is 0 Å². The molecular formula is C46H28BNO3. The minimum absolute atomic E-state index is 0.0627. The van der Waals surface area contributed by atoms with Gasteiger partial charge in [0.25, 0.3) is 6.71 Å². The second kappa shape index (κ2) is 10.9. The first-order valence-corrected chi connectivity index (χ1v) is 17.3. The highest BCUT2D eigenvalue weighted by atomic mass is 16.5. The molecule has 8 aromatic rings. The molecule has 0 unspecified atom stereocenters.